The molecule has 0 saturated heterocycles. The number of amides is 1. The molecule has 2 saturated carbocycles. The lowest BCUT2D eigenvalue weighted by Gasteiger charge is -2.07. The summed E-state index contributed by atoms with van der Waals surface area (Å²) in [4.78, 5) is 12.2. The molecule has 2 N–H and O–H groups in total. The molecular formula is C21H24N2O. The fourth-order valence-corrected chi connectivity index (χ4v) is 3.15. The van der Waals surface area contributed by atoms with Crippen LogP contribution in [0.15, 0.2) is 48.5 Å². The molecule has 24 heavy (non-hydrogen) atoms. The Morgan fingerprint density at radius 3 is 2.42 bits per heavy atom. The van der Waals surface area contributed by atoms with E-state index in [1.54, 1.807) is 0 Å². The topological polar surface area (TPSA) is 41.1 Å². The number of carbonyl (C=O) groups is 1. The van der Waals surface area contributed by atoms with E-state index in [0.717, 1.165) is 17.2 Å². The number of carbonyl (C=O) groups excluding carboxylic acids is 1. The first-order valence-electron chi connectivity index (χ1n) is 8.90. The quantitative estimate of drug-likeness (QED) is 0.841. The van der Waals surface area contributed by atoms with E-state index >= 15 is 0 Å². The lowest BCUT2D eigenvalue weighted by molar-refractivity contribution is 0.102. The van der Waals surface area contributed by atoms with Crippen molar-refractivity contribution < 1.29 is 4.79 Å². The van der Waals surface area contributed by atoms with Gasteiger partial charge in [0.2, 0.25) is 0 Å². The Labute approximate surface area is 143 Å². The summed E-state index contributed by atoms with van der Waals surface area (Å²) in [6.45, 7) is 3.21. The van der Waals surface area contributed by atoms with E-state index in [0.29, 0.717) is 17.5 Å². The monoisotopic (exact) mass is 320 g/mol. The lowest BCUT2D eigenvalue weighted by Crippen LogP contribution is -2.20. The van der Waals surface area contributed by atoms with Gasteiger partial charge in [-0.2, -0.15) is 0 Å². The fourth-order valence-electron chi connectivity index (χ4n) is 3.15. The highest BCUT2D eigenvalue weighted by Crippen LogP contribution is 2.41. The van der Waals surface area contributed by atoms with Gasteiger partial charge in [0.1, 0.15) is 0 Å². The normalized spacial score (nSPS) is 22.2. The number of hydrogen-bond donors (Lipinski definition) is 2. The van der Waals surface area contributed by atoms with Crippen LogP contribution in [0.3, 0.4) is 0 Å². The summed E-state index contributed by atoms with van der Waals surface area (Å²) < 4.78 is 0. The van der Waals surface area contributed by atoms with Crippen LogP contribution in [0.5, 0.6) is 0 Å². The molecule has 0 bridgehead atoms. The molecule has 2 unspecified atom stereocenters. The van der Waals surface area contributed by atoms with Crippen molar-refractivity contribution in [2.45, 2.75) is 38.1 Å². The minimum atomic E-state index is -0.0573. The zero-order chi connectivity index (χ0) is 16.5. The number of anilines is 1. The largest absolute Gasteiger partial charge is 0.322 e. The van der Waals surface area contributed by atoms with Crippen LogP contribution in [0.25, 0.3) is 0 Å². The number of nitrogens with one attached hydrogen (secondary N) is 2. The lowest BCUT2D eigenvalue weighted by atomic mass is 10.1. The predicted octanol–water partition coefficient (Wildman–Crippen LogP) is 4.10. The standard InChI is InChI=1S/C21H24N2O/c1-14-2-6-17(7-3-14)21(24)23-18-10-8-16(9-11-18)19-12-20(19)22-13-15-4-5-15/h2-3,6-11,15,19-20,22H,4-5,12-13H2,1H3,(H,23,24). The van der Waals surface area contributed by atoms with Crippen molar-refractivity contribution in [1.29, 1.82) is 0 Å². The van der Waals surface area contributed by atoms with E-state index in [9.17, 15) is 4.79 Å². The molecule has 2 aromatic carbocycles. The summed E-state index contributed by atoms with van der Waals surface area (Å²) in [5.74, 6) is 1.52. The zero-order valence-corrected chi connectivity index (χ0v) is 14.1. The Balaban J connectivity index is 1.32. The summed E-state index contributed by atoms with van der Waals surface area (Å²) >= 11 is 0. The van der Waals surface area contributed by atoms with Gasteiger partial charge in [-0.15, -0.1) is 0 Å². The van der Waals surface area contributed by atoms with Crippen molar-refractivity contribution in [2.24, 2.45) is 5.92 Å². The van der Waals surface area contributed by atoms with Crippen LogP contribution in [-0.4, -0.2) is 18.5 Å². The van der Waals surface area contributed by atoms with Crippen LogP contribution >= 0.6 is 0 Å². The maximum atomic E-state index is 12.2. The van der Waals surface area contributed by atoms with Crippen LogP contribution in [0, 0.1) is 12.8 Å². The van der Waals surface area contributed by atoms with Gasteiger partial charge in [-0.3, -0.25) is 4.79 Å². The van der Waals surface area contributed by atoms with Crippen LogP contribution in [-0.2, 0) is 0 Å². The molecular weight excluding hydrogens is 296 g/mol. The third-order valence-corrected chi connectivity index (χ3v) is 5.07. The Kier molecular flexibility index (Phi) is 4.11. The van der Waals surface area contributed by atoms with Gasteiger partial charge in [0, 0.05) is 23.2 Å². The Morgan fingerprint density at radius 2 is 1.75 bits per heavy atom. The highest BCUT2D eigenvalue weighted by atomic mass is 16.1. The van der Waals surface area contributed by atoms with Gasteiger partial charge < -0.3 is 10.6 Å². The van der Waals surface area contributed by atoms with Gasteiger partial charge in [0.25, 0.3) is 5.91 Å². The van der Waals surface area contributed by atoms with Gasteiger partial charge in [-0.25, -0.2) is 0 Å². The maximum absolute atomic E-state index is 12.2. The second kappa shape index (κ2) is 6.40. The first-order chi connectivity index (χ1) is 11.7. The van der Waals surface area contributed by atoms with E-state index in [1.165, 1.54) is 31.4 Å². The summed E-state index contributed by atoms with van der Waals surface area (Å²) in [7, 11) is 0. The molecule has 2 atom stereocenters. The van der Waals surface area contributed by atoms with Crippen molar-refractivity contribution in [1.82, 2.24) is 5.32 Å². The molecule has 0 spiro atoms. The molecule has 2 aromatic rings. The zero-order valence-electron chi connectivity index (χ0n) is 14.1. The first kappa shape index (κ1) is 15.4. The summed E-state index contributed by atoms with van der Waals surface area (Å²) in [5, 5.41) is 6.64. The van der Waals surface area contributed by atoms with Gasteiger partial charge in [0.15, 0.2) is 0 Å². The predicted molar refractivity (Wildman–Crippen MR) is 97.4 cm³/mol. The van der Waals surface area contributed by atoms with Gasteiger partial charge in [-0.05, 0) is 68.5 Å². The van der Waals surface area contributed by atoms with Crippen molar-refractivity contribution in [2.75, 3.05) is 11.9 Å². The molecule has 4 rings (SSSR count). The van der Waals surface area contributed by atoms with E-state index in [2.05, 4.69) is 22.8 Å². The molecule has 3 heteroatoms. The van der Waals surface area contributed by atoms with E-state index in [4.69, 9.17) is 0 Å². The van der Waals surface area contributed by atoms with Gasteiger partial charge in [0.05, 0.1) is 0 Å². The minimum absolute atomic E-state index is 0.0573. The molecule has 124 valence electrons. The van der Waals surface area contributed by atoms with Crippen molar-refractivity contribution in [3.8, 4) is 0 Å². The maximum Gasteiger partial charge on any atom is 0.255 e. The van der Waals surface area contributed by atoms with Crippen LogP contribution in [0.1, 0.15) is 46.7 Å². The van der Waals surface area contributed by atoms with Crippen LogP contribution in [0.4, 0.5) is 5.69 Å². The van der Waals surface area contributed by atoms with Crippen molar-refractivity contribution in [3.05, 3.63) is 65.2 Å². The van der Waals surface area contributed by atoms with Crippen molar-refractivity contribution >= 4 is 11.6 Å². The summed E-state index contributed by atoms with van der Waals surface area (Å²) in [6.07, 6.45) is 4.04. The third kappa shape index (κ3) is 3.68. The first-order valence-corrected chi connectivity index (χ1v) is 8.90. The molecule has 1 amide bonds. The molecule has 0 aromatic heterocycles. The number of aryl methyl sites for hydroxylation is 1. The Morgan fingerprint density at radius 1 is 1.04 bits per heavy atom. The Hall–Kier alpha value is -2.13. The number of benzene rings is 2. The van der Waals surface area contributed by atoms with E-state index in [-0.39, 0.29) is 5.91 Å². The van der Waals surface area contributed by atoms with Crippen LogP contribution in [0.2, 0.25) is 0 Å². The van der Waals surface area contributed by atoms with Crippen LogP contribution < -0.4 is 10.6 Å². The minimum Gasteiger partial charge on any atom is -0.322 e. The molecule has 0 aliphatic heterocycles. The fraction of sp³-hybridized carbons (Fsp3) is 0.381. The van der Waals surface area contributed by atoms with E-state index < -0.39 is 0 Å². The Bertz CT molecular complexity index is 717. The van der Waals surface area contributed by atoms with E-state index in [1.807, 2.05) is 43.3 Å². The molecule has 0 heterocycles. The smallest absolute Gasteiger partial charge is 0.255 e. The second-order valence-electron chi connectivity index (χ2n) is 7.24. The third-order valence-electron chi connectivity index (χ3n) is 5.07. The summed E-state index contributed by atoms with van der Waals surface area (Å²) in [5.41, 5.74) is 4.07. The molecule has 2 aliphatic carbocycles. The number of hydrogen-bond acceptors (Lipinski definition) is 2. The second-order valence-corrected chi connectivity index (χ2v) is 7.24. The number of rotatable bonds is 6. The highest BCUT2D eigenvalue weighted by molar-refractivity contribution is 6.04. The SMILES string of the molecule is Cc1ccc(C(=O)Nc2ccc(C3CC3NCC3CC3)cc2)cc1. The molecule has 2 fully saturated rings. The van der Waals surface area contributed by atoms with Gasteiger partial charge in [-0.1, -0.05) is 29.8 Å². The highest BCUT2D eigenvalue weighted by Gasteiger charge is 2.38. The molecule has 0 radical (unpaired) electrons. The average molecular weight is 320 g/mol. The summed E-state index contributed by atoms with van der Waals surface area (Å²) in [6, 6.07) is 16.6. The average Bonchev–Trinajstić information content (AvgIpc) is 3.49. The van der Waals surface area contributed by atoms with Gasteiger partial charge >= 0.3 is 0 Å². The van der Waals surface area contributed by atoms with Crippen molar-refractivity contribution in [3.63, 3.8) is 0 Å². The molecule has 3 nitrogen and oxygen atoms in total. The molecule has 2 aliphatic rings.